The van der Waals surface area contributed by atoms with E-state index < -0.39 is 0 Å². The van der Waals surface area contributed by atoms with Crippen LogP contribution in [0.3, 0.4) is 0 Å². The molecule has 0 fully saturated rings. The number of hydrogen-bond donors (Lipinski definition) is 2. The van der Waals surface area contributed by atoms with Crippen molar-refractivity contribution >= 4 is 5.91 Å². The molecule has 0 aliphatic heterocycles. The lowest BCUT2D eigenvalue weighted by Crippen LogP contribution is -2.27. The van der Waals surface area contributed by atoms with E-state index in [0.717, 1.165) is 11.1 Å². The Bertz CT molecular complexity index is 533. The minimum atomic E-state index is -0.253. The first kappa shape index (κ1) is 13.4. The third-order valence-corrected chi connectivity index (χ3v) is 3.02. The molecular formula is C15H19N3O. The second kappa shape index (κ2) is 6.20. The van der Waals surface area contributed by atoms with E-state index in [4.69, 9.17) is 5.73 Å². The summed E-state index contributed by atoms with van der Waals surface area (Å²) < 4.78 is 1.96. The van der Waals surface area contributed by atoms with Gasteiger partial charge in [-0.15, -0.1) is 0 Å². The fourth-order valence-corrected chi connectivity index (χ4v) is 1.96. The van der Waals surface area contributed by atoms with Crippen LogP contribution < -0.4 is 11.1 Å². The van der Waals surface area contributed by atoms with Crippen LogP contribution in [0.25, 0.3) is 0 Å². The van der Waals surface area contributed by atoms with E-state index >= 15 is 0 Å². The van der Waals surface area contributed by atoms with Crippen LogP contribution >= 0.6 is 0 Å². The second-order valence-corrected chi connectivity index (χ2v) is 4.68. The molecule has 4 nitrogen and oxygen atoms in total. The lowest BCUT2D eigenvalue weighted by atomic mass is 10.0. The molecule has 0 radical (unpaired) electrons. The smallest absolute Gasteiger partial charge is 0.222 e. The Morgan fingerprint density at radius 1 is 1.32 bits per heavy atom. The predicted molar refractivity (Wildman–Crippen MR) is 75.2 cm³/mol. The van der Waals surface area contributed by atoms with Crippen LogP contribution in [0.15, 0.2) is 48.8 Å². The summed E-state index contributed by atoms with van der Waals surface area (Å²) in [5, 5.41) is 2.88. The summed E-state index contributed by atoms with van der Waals surface area (Å²) in [4.78, 5) is 11.8. The molecule has 0 bridgehead atoms. The van der Waals surface area contributed by atoms with E-state index in [1.54, 1.807) is 0 Å². The number of benzene rings is 1. The van der Waals surface area contributed by atoms with Gasteiger partial charge in [0.2, 0.25) is 5.91 Å². The van der Waals surface area contributed by atoms with Crippen molar-refractivity contribution in [2.75, 3.05) is 0 Å². The number of amides is 1. The standard InChI is InChI=1S/C15H19N3O/c1-18-8-7-12(11-18)10-17-15(19)9-14(16)13-5-3-2-4-6-13/h2-8,11,14H,9-10,16H2,1H3,(H,17,19). The zero-order valence-corrected chi connectivity index (χ0v) is 11.0. The van der Waals surface area contributed by atoms with Gasteiger partial charge in [0.05, 0.1) is 0 Å². The Balaban J connectivity index is 1.81. The van der Waals surface area contributed by atoms with Gasteiger partial charge in [-0.05, 0) is 17.2 Å². The van der Waals surface area contributed by atoms with Crippen LogP contribution in [0.4, 0.5) is 0 Å². The quantitative estimate of drug-likeness (QED) is 0.857. The van der Waals surface area contributed by atoms with Crippen molar-refractivity contribution in [1.82, 2.24) is 9.88 Å². The van der Waals surface area contributed by atoms with E-state index in [0.29, 0.717) is 13.0 Å². The lowest BCUT2D eigenvalue weighted by molar-refractivity contribution is -0.121. The molecule has 0 saturated carbocycles. The van der Waals surface area contributed by atoms with Crippen molar-refractivity contribution < 1.29 is 4.79 Å². The molecule has 0 spiro atoms. The molecular weight excluding hydrogens is 238 g/mol. The number of hydrogen-bond acceptors (Lipinski definition) is 2. The fraction of sp³-hybridized carbons (Fsp3) is 0.267. The van der Waals surface area contributed by atoms with Gasteiger partial charge < -0.3 is 15.6 Å². The molecule has 0 aliphatic rings. The molecule has 0 saturated heterocycles. The number of nitrogens with zero attached hydrogens (tertiary/aromatic N) is 1. The normalized spacial score (nSPS) is 12.1. The number of nitrogens with one attached hydrogen (secondary N) is 1. The summed E-state index contributed by atoms with van der Waals surface area (Å²) in [5.41, 5.74) is 8.07. The number of nitrogens with two attached hydrogens (primary N) is 1. The monoisotopic (exact) mass is 257 g/mol. The van der Waals surface area contributed by atoms with Gasteiger partial charge in [0.1, 0.15) is 0 Å². The van der Waals surface area contributed by atoms with Gasteiger partial charge in [0, 0.05) is 38.4 Å². The van der Waals surface area contributed by atoms with Gasteiger partial charge in [-0.1, -0.05) is 30.3 Å². The summed E-state index contributed by atoms with van der Waals surface area (Å²) in [6.45, 7) is 0.543. The molecule has 3 N–H and O–H groups in total. The van der Waals surface area contributed by atoms with Gasteiger partial charge >= 0.3 is 0 Å². The fourth-order valence-electron chi connectivity index (χ4n) is 1.96. The zero-order valence-electron chi connectivity index (χ0n) is 11.0. The van der Waals surface area contributed by atoms with Gasteiger partial charge in [0.25, 0.3) is 0 Å². The molecule has 4 heteroatoms. The highest BCUT2D eigenvalue weighted by molar-refractivity contribution is 5.76. The average Bonchev–Trinajstić information content (AvgIpc) is 2.83. The first-order chi connectivity index (χ1) is 9.15. The highest BCUT2D eigenvalue weighted by Crippen LogP contribution is 2.13. The Hall–Kier alpha value is -2.07. The molecule has 0 aliphatic carbocycles. The highest BCUT2D eigenvalue weighted by atomic mass is 16.1. The van der Waals surface area contributed by atoms with E-state index in [9.17, 15) is 4.79 Å². The zero-order chi connectivity index (χ0) is 13.7. The molecule has 2 rings (SSSR count). The Kier molecular flexibility index (Phi) is 4.36. The molecule has 1 unspecified atom stereocenters. The Morgan fingerprint density at radius 2 is 2.05 bits per heavy atom. The van der Waals surface area contributed by atoms with Crippen molar-refractivity contribution in [3.63, 3.8) is 0 Å². The van der Waals surface area contributed by atoms with Gasteiger partial charge in [-0.2, -0.15) is 0 Å². The molecule has 1 heterocycles. The topological polar surface area (TPSA) is 60.0 Å². The molecule has 1 aromatic heterocycles. The van der Waals surface area contributed by atoms with E-state index in [1.165, 1.54) is 0 Å². The van der Waals surface area contributed by atoms with E-state index in [1.807, 2.05) is 60.4 Å². The van der Waals surface area contributed by atoms with Gasteiger partial charge in [-0.25, -0.2) is 0 Å². The SMILES string of the molecule is Cn1ccc(CNC(=O)CC(N)c2ccccc2)c1. The molecule has 100 valence electrons. The minimum absolute atomic E-state index is 0.0276. The van der Waals surface area contributed by atoms with Gasteiger partial charge in [-0.3, -0.25) is 4.79 Å². The van der Waals surface area contributed by atoms with Crippen molar-refractivity contribution in [3.05, 3.63) is 59.9 Å². The summed E-state index contributed by atoms with van der Waals surface area (Å²) in [6, 6.07) is 11.4. The average molecular weight is 257 g/mol. The molecule has 1 aromatic carbocycles. The third-order valence-electron chi connectivity index (χ3n) is 3.02. The number of rotatable bonds is 5. The maximum Gasteiger partial charge on any atom is 0.222 e. The summed E-state index contributed by atoms with van der Waals surface area (Å²) in [5.74, 6) is -0.0276. The number of carbonyl (C=O) groups is 1. The van der Waals surface area contributed by atoms with Crippen LogP contribution in [0.1, 0.15) is 23.6 Å². The number of aryl methyl sites for hydroxylation is 1. The van der Waals surface area contributed by atoms with Crippen molar-refractivity contribution in [2.45, 2.75) is 19.0 Å². The van der Waals surface area contributed by atoms with Crippen LogP contribution in [-0.2, 0) is 18.4 Å². The first-order valence-electron chi connectivity index (χ1n) is 6.33. The van der Waals surface area contributed by atoms with E-state index in [2.05, 4.69) is 5.32 Å². The third kappa shape index (κ3) is 3.96. The summed E-state index contributed by atoms with van der Waals surface area (Å²) >= 11 is 0. The molecule has 1 amide bonds. The summed E-state index contributed by atoms with van der Waals surface area (Å²) in [7, 11) is 1.95. The predicted octanol–water partition coefficient (Wildman–Crippen LogP) is 1.73. The van der Waals surface area contributed by atoms with Crippen LogP contribution in [0.5, 0.6) is 0 Å². The van der Waals surface area contributed by atoms with Crippen LogP contribution in [0, 0.1) is 0 Å². The lowest BCUT2D eigenvalue weighted by Gasteiger charge is -2.11. The Morgan fingerprint density at radius 3 is 2.68 bits per heavy atom. The van der Waals surface area contributed by atoms with Gasteiger partial charge in [0.15, 0.2) is 0 Å². The van der Waals surface area contributed by atoms with Crippen molar-refractivity contribution in [2.24, 2.45) is 12.8 Å². The first-order valence-corrected chi connectivity index (χ1v) is 6.33. The maximum absolute atomic E-state index is 11.8. The van der Waals surface area contributed by atoms with Crippen LogP contribution in [0.2, 0.25) is 0 Å². The second-order valence-electron chi connectivity index (χ2n) is 4.68. The van der Waals surface area contributed by atoms with Crippen molar-refractivity contribution in [3.8, 4) is 0 Å². The molecule has 19 heavy (non-hydrogen) atoms. The Labute approximate surface area is 113 Å². The summed E-state index contributed by atoms with van der Waals surface area (Å²) in [6.07, 6.45) is 4.24. The maximum atomic E-state index is 11.8. The number of aromatic nitrogens is 1. The molecule has 1 atom stereocenters. The minimum Gasteiger partial charge on any atom is -0.357 e. The number of carbonyl (C=O) groups excluding carboxylic acids is 1. The molecule has 2 aromatic rings. The van der Waals surface area contributed by atoms with E-state index in [-0.39, 0.29) is 11.9 Å². The van der Waals surface area contributed by atoms with Crippen LogP contribution in [-0.4, -0.2) is 10.5 Å². The highest BCUT2D eigenvalue weighted by Gasteiger charge is 2.11. The largest absolute Gasteiger partial charge is 0.357 e. The van der Waals surface area contributed by atoms with Crippen molar-refractivity contribution in [1.29, 1.82) is 0 Å².